The molecule has 0 bridgehead atoms. The van der Waals surface area contributed by atoms with Crippen LogP contribution in [0.1, 0.15) is 6.42 Å². The molecule has 1 unspecified atom stereocenters. The number of phenols is 1. The second-order valence-corrected chi connectivity index (χ2v) is 7.08. The molecule has 0 aromatic heterocycles. The van der Waals surface area contributed by atoms with Crippen molar-refractivity contribution in [2.24, 2.45) is 0 Å². The summed E-state index contributed by atoms with van der Waals surface area (Å²) in [4.78, 5) is 48.5. The minimum atomic E-state index is -0.978. The van der Waals surface area contributed by atoms with Crippen molar-refractivity contribution in [1.29, 1.82) is 0 Å². The minimum Gasteiger partial charge on any atom is -0.506 e. The second-order valence-electron chi connectivity index (χ2n) is 5.93. The van der Waals surface area contributed by atoms with Gasteiger partial charge in [0.2, 0.25) is 11.8 Å². The molecule has 0 saturated carbocycles. The molecule has 29 heavy (non-hydrogen) atoms. The van der Waals surface area contributed by atoms with E-state index in [0.717, 1.165) is 23.1 Å². The normalized spacial score (nSPS) is 16.0. The highest BCUT2D eigenvalue weighted by atomic mass is 32.2. The van der Waals surface area contributed by atoms with Gasteiger partial charge < -0.3 is 15.2 Å². The lowest BCUT2D eigenvalue weighted by Crippen LogP contribution is -2.33. The van der Waals surface area contributed by atoms with Gasteiger partial charge in [-0.2, -0.15) is 0 Å². The number of carbonyl (C=O) groups excluding carboxylic acids is 3. The number of nitro groups is 1. The topological polar surface area (TPSA) is 139 Å². The first kappa shape index (κ1) is 20.1. The van der Waals surface area contributed by atoms with Gasteiger partial charge in [-0.1, -0.05) is 12.1 Å². The fourth-order valence-electron chi connectivity index (χ4n) is 2.73. The van der Waals surface area contributed by atoms with E-state index in [1.165, 1.54) is 7.11 Å². The largest absolute Gasteiger partial charge is 0.506 e. The summed E-state index contributed by atoms with van der Waals surface area (Å²) < 4.78 is 5.18. The lowest BCUT2D eigenvalue weighted by Gasteiger charge is -2.17. The van der Waals surface area contributed by atoms with E-state index >= 15 is 0 Å². The molecular weight excluding hydrogens is 402 g/mol. The molecule has 1 fully saturated rings. The maximum Gasteiger partial charge on any atom is 0.293 e. The van der Waals surface area contributed by atoms with E-state index in [9.17, 15) is 29.6 Å². The van der Waals surface area contributed by atoms with E-state index in [1.54, 1.807) is 24.3 Å². The van der Waals surface area contributed by atoms with Gasteiger partial charge in [-0.05, 0) is 30.0 Å². The summed E-state index contributed by atoms with van der Waals surface area (Å²) in [5.41, 5.74) is -0.203. The number of hydrogen-bond donors (Lipinski definition) is 2. The number of imide groups is 1. The predicted molar refractivity (Wildman–Crippen MR) is 105 cm³/mol. The highest BCUT2D eigenvalue weighted by Gasteiger charge is 2.42. The summed E-state index contributed by atoms with van der Waals surface area (Å²) in [5, 5.41) is 21.4. The van der Waals surface area contributed by atoms with Gasteiger partial charge in [0.25, 0.3) is 10.9 Å². The van der Waals surface area contributed by atoms with Gasteiger partial charge in [0, 0.05) is 18.6 Å². The fraction of sp³-hybridized carbons (Fsp3) is 0.167. The van der Waals surface area contributed by atoms with Crippen LogP contribution in [0.15, 0.2) is 42.5 Å². The van der Waals surface area contributed by atoms with E-state index in [4.69, 9.17) is 4.74 Å². The number of anilines is 2. The molecule has 2 aromatic rings. The number of non-ortho nitro benzene ring substituents is 1. The number of para-hydroxylation sites is 2. The highest BCUT2D eigenvalue weighted by Crippen LogP contribution is 2.38. The molecule has 3 rings (SSSR count). The van der Waals surface area contributed by atoms with Gasteiger partial charge in [-0.25, -0.2) is 4.90 Å². The number of nitrogens with one attached hydrogen (secondary N) is 1. The summed E-state index contributed by atoms with van der Waals surface area (Å²) >= 11 is 0.697. The number of benzene rings is 2. The first-order valence-corrected chi connectivity index (χ1v) is 9.14. The number of hydrogen-bond acceptors (Lipinski definition) is 8. The van der Waals surface area contributed by atoms with Crippen LogP contribution in [-0.2, 0) is 9.59 Å². The predicted octanol–water partition coefficient (Wildman–Crippen LogP) is 2.91. The number of nitrogens with zero attached hydrogens (tertiary/aromatic N) is 2. The number of nitro benzene ring substituents is 1. The quantitative estimate of drug-likeness (QED) is 0.415. The van der Waals surface area contributed by atoms with Crippen LogP contribution in [-0.4, -0.2) is 39.4 Å². The molecule has 0 radical (unpaired) electrons. The SMILES string of the molecule is COc1ccccc1N1C(=O)SC(CC(=O)Nc2cc([N+](=O)[O-])ccc2O)C1=O. The number of thioether (sulfide) groups is 1. The Morgan fingerprint density at radius 1 is 1.31 bits per heavy atom. The summed E-state index contributed by atoms with van der Waals surface area (Å²) in [6.07, 6.45) is -0.358. The molecule has 10 nitrogen and oxygen atoms in total. The molecule has 1 atom stereocenters. The first-order chi connectivity index (χ1) is 13.8. The van der Waals surface area contributed by atoms with Crippen molar-refractivity contribution >= 4 is 45.9 Å². The van der Waals surface area contributed by atoms with E-state index < -0.39 is 27.2 Å². The third-order valence-electron chi connectivity index (χ3n) is 4.08. The van der Waals surface area contributed by atoms with Crippen molar-refractivity contribution in [1.82, 2.24) is 0 Å². The van der Waals surface area contributed by atoms with Crippen LogP contribution in [0.5, 0.6) is 11.5 Å². The zero-order valence-electron chi connectivity index (χ0n) is 15.0. The van der Waals surface area contributed by atoms with Gasteiger partial charge in [0.05, 0.1) is 23.4 Å². The lowest BCUT2D eigenvalue weighted by atomic mass is 10.2. The fourth-order valence-corrected chi connectivity index (χ4v) is 3.70. The molecule has 0 aliphatic carbocycles. The van der Waals surface area contributed by atoms with Crippen LogP contribution in [0.25, 0.3) is 0 Å². The first-order valence-electron chi connectivity index (χ1n) is 8.26. The highest BCUT2D eigenvalue weighted by molar-refractivity contribution is 8.15. The Labute approximate surface area is 168 Å². The maximum atomic E-state index is 12.7. The zero-order chi connectivity index (χ0) is 21.1. The summed E-state index contributed by atoms with van der Waals surface area (Å²) in [7, 11) is 1.41. The number of carbonyl (C=O) groups is 3. The molecular formula is C18H15N3O7S. The standard InChI is InChI=1S/C18H15N3O7S/c1-28-14-5-3-2-4-12(14)20-17(24)15(29-18(20)25)9-16(23)19-11-8-10(21(26)27)6-7-13(11)22/h2-8,15,22H,9H2,1H3,(H,19,23). The van der Waals surface area contributed by atoms with Crippen LogP contribution in [0, 0.1) is 10.1 Å². The Kier molecular flexibility index (Phi) is 5.69. The summed E-state index contributed by atoms with van der Waals surface area (Å²) in [6, 6.07) is 9.67. The van der Waals surface area contributed by atoms with Crippen LogP contribution >= 0.6 is 11.8 Å². The minimum absolute atomic E-state index is 0.160. The average Bonchev–Trinajstić information content (AvgIpc) is 2.96. The third-order valence-corrected chi connectivity index (χ3v) is 5.12. The number of ether oxygens (including phenoxy) is 1. The Morgan fingerprint density at radius 2 is 2.03 bits per heavy atom. The van der Waals surface area contributed by atoms with Gasteiger partial charge in [-0.3, -0.25) is 24.5 Å². The number of aromatic hydroxyl groups is 1. The van der Waals surface area contributed by atoms with Crippen molar-refractivity contribution in [3.63, 3.8) is 0 Å². The third kappa shape index (κ3) is 4.14. The smallest absolute Gasteiger partial charge is 0.293 e. The van der Waals surface area contributed by atoms with Gasteiger partial charge in [0.1, 0.15) is 16.7 Å². The molecule has 11 heteroatoms. The molecule has 2 N–H and O–H groups in total. The molecule has 1 aliphatic heterocycles. The molecule has 1 saturated heterocycles. The maximum absolute atomic E-state index is 12.7. The van der Waals surface area contributed by atoms with Crippen molar-refractivity contribution in [2.45, 2.75) is 11.7 Å². The van der Waals surface area contributed by atoms with Crippen LogP contribution in [0.2, 0.25) is 0 Å². The zero-order valence-corrected chi connectivity index (χ0v) is 15.8. The van der Waals surface area contributed by atoms with Crippen molar-refractivity contribution in [2.75, 3.05) is 17.3 Å². The van der Waals surface area contributed by atoms with E-state index in [0.29, 0.717) is 17.5 Å². The second kappa shape index (κ2) is 8.19. The van der Waals surface area contributed by atoms with E-state index in [1.807, 2.05) is 0 Å². The van der Waals surface area contributed by atoms with Gasteiger partial charge >= 0.3 is 0 Å². The molecule has 150 valence electrons. The Bertz CT molecular complexity index is 1010. The molecule has 3 amide bonds. The number of methoxy groups -OCH3 is 1. The van der Waals surface area contributed by atoms with E-state index in [-0.39, 0.29) is 29.2 Å². The van der Waals surface area contributed by atoms with Crippen molar-refractivity contribution in [3.05, 3.63) is 52.6 Å². The number of rotatable bonds is 6. The Morgan fingerprint density at radius 3 is 2.72 bits per heavy atom. The Hall–Kier alpha value is -3.60. The van der Waals surface area contributed by atoms with Crippen molar-refractivity contribution < 1.29 is 29.2 Å². The van der Waals surface area contributed by atoms with Crippen LogP contribution < -0.4 is 15.0 Å². The average molecular weight is 417 g/mol. The van der Waals surface area contributed by atoms with Gasteiger partial charge in [0.15, 0.2) is 0 Å². The van der Waals surface area contributed by atoms with Gasteiger partial charge in [-0.15, -0.1) is 0 Å². The molecule has 0 spiro atoms. The molecule has 1 heterocycles. The lowest BCUT2D eigenvalue weighted by molar-refractivity contribution is -0.384. The monoisotopic (exact) mass is 417 g/mol. The number of phenolic OH excluding ortho intramolecular Hbond substituents is 1. The Balaban J connectivity index is 1.74. The molecule has 2 aromatic carbocycles. The van der Waals surface area contributed by atoms with Crippen LogP contribution in [0.3, 0.4) is 0 Å². The van der Waals surface area contributed by atoms with E-state index in [2.05, 4.69) is 5.32 Å². The van der Waals surface area contributed by atoms with Crippen LogP contribution in [0.4, 0.5) is 21.9 Å². The summed E-state index contributed by atoms with van der Waals surface area (Å²) in [5.74, 6) is -1.29. The number of amides is 3. The molecule has 1 aliphatic rings. The summed E-state index contributed by atoms with van der Waals surface area (Å²) in [6.45, 7) is 0. The van der Waals surface area contributed by atoms with Crippen molar-refractivity contribution in [3.8, 4) is 11.5 Å².